The highest BCUT2D eigenvalue weighted by Crippen LogP contribution is 2.32. The van der Waals surface area contributed by atoms with Crippen LogP contribution in [0.4, 0.5) is 28.8 Å². The molecule has 3 aromatic rings. The van der Waals surface area contributed by atoms with Crippen molar-refractivity contribution in [2.24, 2.45) is 0 Å². The van der Waals surface area contributed by atoms with E-state index in [0.29, 0.717) is 34.3 Å². The fraction of sp³-hybridized carbons (Fsp3) is 0.227. The number of amides is 1. The van der Waals surface area contributed by atoms with Crippen molar-refractivity contribution >= 4 is 57.6 Å². The molecule has 1 aromatic heterocycles. The van der Waals surface area contributed by atoms with Crippen LogP contribution >= 0.6 is 11.6 Å². The average Bonchev–Trinajstić information content (AvgIpc) is 2.93. The number of nitrogens with one attached hydrogen (secondary N) is 3. The minimum absolute atomic E-state index is 0.0857. The SMILES string of the molecule is CN1CCN(C)c2cccc(Nc3ncc(Cl)c(Nc4ccccc4CNS(=O)O)n3)c2C1=O. The van der Waals surface area contributed by atoms with Crippen molar-refractivity contribution in [3.8, 4) is 0 Å². The van der Waals surface area contributed by atoms with Crippen molar-refractivity contribution < 1.29 is 13.6 Å². The van der Waals surface area contributed by atoms with Gasteiger partial charge in [-0.1, -0.05) is 35.9 Å². The Kier molecular flexibility index (Phi) is 7.27. The van der Waals surface area contributed by atoms with Gasteiger partial charge in [0.05, 0.1) is 23.1 Å². The Hall–Kier alpha value is -3.25. The standard InChI is InChI=1S/C22H24ClN7O3S/c1-29-10-11-30(2)21(31)19-17(8-5-9-18(19)29)27-22-24-13-15(23)20(28-22)26-16-7-4-3-6-14(16)12-25-34(32)33/h3-9,13,25H,10-12H2,1-2H3,(H,32,33)(H2,24,26,27,28). The molecule has 1 aliphatic heterocycles. The lowest BCUT2D eigenvalue weighted by atomic mass is 10.1. The van der Waals surface area contributed by atoms with E-state index in [1.54, 1.807) is 11.9 Å². The zero-order valence-electron chi connectivity index (χ0n) is 18.6. The number of para-hydroxylation sites is 1. The molecule has 2 aromatic carbocycles. The zero-order chi connectivity index (χ0) is 24.2. The van der Waals surface area contributed by atoms with Gasteiger partial charge in [-0.25, -0.2) is 13.9 Å². The van der Waals surface area contributed by atoms with Gasteiger partial charge in [-0.2, -0.15) is 4.98 Å². The number of hydrogen-bond donors (Lipinski definition) is 4. The first-order valence-corrected chi connectivity index (χ1v) is 11.9. The summed E-state index contributed by atoms with van der Waals surface area (Å²) < 4.78 is 22.5. The molecule has 0 spiro atoms. The first-order chi connectivity index (χ1) is 16.3. The summed E-state index contributed by atoms with van der Waals surface area (Å²) in [5.41, 5.74) is 3.38. The Balaban J connectivity index is 1.64. The molecule has 178 valence electrons. The van der Waals surface area contributed by atoms with Crippen molar-refractivity contribution in [2.75, 3.05) is 42.7 Å². The first kappa shape index (κ1) is 23.9. The van der Waals surface area contributed by atoms with Crippen LogP contribution in [0.5, 0.6) is 0 Å². The molecule has 0 saturated carbocycles. The van der Waals surface area contributed by atoms with Crippen LogP contribution in [0.1, 0.15) is 15.9 Å². The predicted octanol–water partition coefficient (Wildman–Crippen LogP) is 3.37. The second kappa shape index (κ2) is 10.3. The smallest absolute Gasteiger partial charge is 0.257 e. The minimum Gasteiger partial charge on any atom is -0.372 e. The highest BCUT2D eigenvalue weighted by Gasteiger charge is 2.26. The van der Waals surface area contributed by atoms with Gasteiger partial charge in [-0.3, -0.25) is 9.35 Å². The predicted molar refractivity (Wildman–Crippen MR) is 134 cm³/mol. The van der Waals surface area contributed by atoms with Crippen LogP contribution in [0, 0.1) is 0 Å². The number of rotatable bonds is 7. The molecular weight excluding hydrogens is 478 g/mol. The number of carbonyl (C=O) groups is 1. The molecule has 0 radical (unpaired) electrons. The Morgan fingerprint density at radius 3 is 2.59 bits per heavy atom. The molecule has 1 amide bonds. The van der Waals surface area contributed by atoms with E-state index in [0.717, 1.165) is 17.8 Å². The van der Waals surface area contributed by atoms with Gasteiger partial charge < -0.3 is 20.4 Å². The molecule has 2 heterocycles. The largest absolute Gasteiger partial charge is 0.372 e. The lowest BCUT2D eigenvalue weighted by molar-refractivity contribution is 0.0806. The fourth-order valence-corrected chi connectivity index (χ4v) is 4.02. The van der Waals surface area contributed by atoms with Crippen LogP contribution in [-0.4, -0.2) is 56.7 Å². The molecule has 0 saturated heterocycles. The van der Waals surface area contributed by atoms with Crippen molar-refractivity contribution in [3.05, 3.63) is 64.8 Å². The van der Waals surface area contributed by atoms with Gasteiger partial charge in [0, 0.05) is 39.4 Å². The molecule has 12 heteroatoms. The summed E-state index contributed by atoms with van der Waals surface area (Å²) in [4.78, 5) is 25.5. The lowest BCUT2D eigenvalue weighted by Gasteiger charge is -2.20. The monoisotopic (exact) mass is 501 g/mol. The Morgan fingerprint density at radius 1 is 1.06 bits per heavy atom. The van der Waals surface area contributed by atoms with Gasteiger partial charge in [-0.05, 0) is 23.8 Å². The van der Waals surface area contributed by atoms with Crippen molar-refractivity contribution in [1.29, 1.82) is 0 Å². The van der Waals surface area contributed by atoms with Gasteiger partial charge in [0.15, 0.2) is 5.82 Å². The summed E-state index contributed by atoms with van der Waals surface area (Å²) in [6, 6.07) is 12.9. The van der Waals surface area contributed by atoms with Gasteiger partial charge in [0.2, 0.25) is 17.2 Å². The number of anilines is 5. The summed E-state index contributed by atoms with van der Waals surface area (Å²) in [5, 5.41) is 6.61. The van der Waals surface area contributed by atoms with Gasteiger partial charge in [0.1, 0.15) is 5.02 Å². The van der Waals surface area contributed by atoms with Crippen LogP contribution in [0.3, 0.4) is 0 Å². The second-order valence-electron chi connectivity index (χ2n) is 7.72. The molecule has 34 heavy (non-hydrogen) atoms. The van der Waals surface area contributed by atoms with E-state index in [1.165, 1.54) is 6.20 Å². The molecule has 4 N–H and O–H groups in total. The highest BCUT2D eigenvalue weighted by atomic mass is 35.5. The molecule has 0 aliphatic carbocycles. The molecule has 1 unspecified atom stereocenters. The highest BCUT2D eigenvalue weighted by molar-refractivity contribution is 7.77. The van der Waals surface area contributed by atoms with E-state index in [4.69, 9.17) is 16.2 Å². The van der Waals surface area contributed by atoms with Gasteiger partial charge >= 0.3 is 0 Å². The minimum atomic E-state index is -2.14. The van der Waals surface area contributed by atoms with E-state index in [9.17, 15) is 9.00 Å². The number of nitrogens with zero attached hydrogens (tertiary/aromatic N) is 4. The Bertz CT molecular complexity index is 1240. The normalized spacial score (nSPS) is 14.4. The van der Waals surface area contributed by atoms with Crippen molar-refractivity contribution in [2.45, 2.75) is 6.54 Å². The third-order valence-corrected chi connectivity index (χ3v) is 6.10. The molecule has 10 nitrogen and oxygen atoms in total. The first-order valence-electron chi connectivity index (χ1n) is 10.4. The molecule has 0 bridgehead atoms. The number of hydrogen-bond acceptors (Lipinski definition) is 7. The van der Waals surface area contributed by atoms with Crippen LogP contribution in [0.25, 0.3) is 0 Å². The second-order valence-corrected chi connectivity index (χ2v) is 8.91. The van der Waals surface area contributed by atoms with Gasteiger partial charge in [0.25, 0.3) is 5.91 Å². The summed E-state index contributed by atoms with van der Waals surface area (Å²) >= 11 is 4.20. The number of fused-ring (bicyclic) bond motifs is 1. The maximum Gasteiger partial charge on any atom is 0.257 e. The number of likely N-dealkylation sites (N-methyl/N-ethyl adjacent to an activating group) is 2. The van der Waals surface area contributed by atoms with Crippen LogP contribution < -0.4 is 20.3 Å². The van der Waals surface area contributed by atoms with Gasteiger partial charge in [-0.15, -0.1) is 0 Å². The molecule has 4 rings (SSSR count). The Morgan fingerprint density at radius 2 is 1.79 bits per heavy atom. The average molecular weight is 502 g/mol. The van der Waals surface area contributed by atoms with Crippen LogP contribution in [0.2, 0.25) is 5.02 Å². The maximum atomic E-state index is 13.0. The summed E-state index contributed by atoms with van der Waals surface area (Å²) in [6.45, 7) is 1.51. The number of aromatic nitrogens is 2. The number of carbonyl (C=O) groups excluding carboxylic acids is 1. The maximum absolute atomic E-state index is 13.0. The van der Waals surface area contributed by atoms with Crippen LogP contribution in [0.15, 0.2) is 48.7 Å². The number of halogens is 1. The third-order valence-electron chi connectivity index (χ3n) is 5.43. The summed E-state index contributed by atoms with van der Waals surface area (Å²) in [6.07, 6.45) is 1.46. The van der Waals surface area contributed by atoms with E-state index in [2.05, 4.69) is 25.3 Å². The van der Waals surface area contributed by atoms with Crippen LogP contribution in [-0.2, 0) is 17.8 Å². The van der Waals surface area contributed by atoms with E-state index in [-0.39, 0.29) is 18.4 Å². The van der Waals surface area contributed by atoms with E-state index >= 15 is 0 Å². The molecule has 0 fully saturated rings. The van der Waals surface area contributed by atoms with Crippen molar-refractivity contribution in [1.82, 2.24) is 19.6 Å². The quantitative estimate of drug-likeness (QED) is 0.363. The summed E-state index contributed by atoms with van der Waals surface area (Å²) in [7, 11) is 3.73. The number of benzene rings is 2. The zero-order valence-corrected chi connectivity index (χ0v) is 20.2. The third kappa shape index (κ3) is 5.28. The van der Waals surface area contributed by atoms with E-state index < -0.39 is 11.3 Å². The van der Waals surface area contributed by atoms with E-state index in [1.807, 2.05) is 54.4 Å². The lowest BCUT2D eigenvalue weighted by Crippen LogP contribution is -2.30. The molecule has 1 atom stereocenters. The summed E-state index contributed by atoms with van der Waals surface area (Å²) in [5.74, 6) is 0.520. The Labute approximate surface area is 204 Å². The van der Waals surface area contributed by atoms with Crippen molar-refractivity contribution in [3.63, 3.8) is 0 Å². The topological polar surface area (TPSA) is 123 Å². The fourth-order valence-electron chi connectivity index (χ4n) is 3.60. The molecule has 1 aliphatic rings. The molecular formula is C22H24ClN7O3S.